The lowest BCUT2D eigenvalue weighted by atomic mass is 10.1. The zero-order valence-corrected chi connectivity index (χ0v) is 15.8. The van der Waals surface area contributed by atoms with Gasteiger partial charge in [0.15, 0.2) is 6.61 Å². The number of rotatable bonds is 6. The molecular weight excluding hydrogens is 373 g/mol. The molecule has 0 saturated heterocycles. The fourth-order valence-electron chi connectivity index (χ4n) is 2.51. The molecule has 0 bridgehead atoms. The third-order valence-electron chi connectivity index (χ3n) is 4.08. The molecule has 2 aromatic rings. The van der Waals surface area contributed by atoms with Gasteiger partial charge in [0, 0.05) is 12.7 Å². The van der Waals surface area contributed by atoms with E-state index in [0.29, 0.717) is 5.69 Å². The highest BCUT2D eigenvalue weighted by Crippen LogP contribution is 2.31. The van der Waals surface area contributed by atoms with Gasteiger partial charge in [-0.2, -0.15) is 13.2 Å². The topological polar surface area (TPSA) is 58.6 Å². The number of hydrogen-bond acceptors (Lipinski definition) is 3. The van der Waals surface area contributed by atoms with Gasteiger partial charge in [0.25, 0.3) is 5.91 Å². The highest BCUT2D eigenvalue weighted by atomic mass is 19.4. The average Bonchev–Trinajstić information content (AvgIpc) is 2.62. The van der Waals surface area contributed by atoms with Crippen LogP contribution in [0.4, 0.5) is 18.9 Å². The van der Waals surface area contributed by atoms with E-state index >= 15 is 0 Å². The van der Waals surface area contributed by atoms with Crippen LogP contribution in [0.15, 0.2) is 42.5 Å². The van der Waals surface area contributed by atoms with Gasteiger partial charge in [0.2, 0.25) is 5.91 Å². The lowest BCUT2D eigenvalue weighted by Crippen LogP contribution is -2.37. The number of nitrogens with zero attached hydrogens (tertiary/aromatic N) is 1. The van der Waals surface area contributed by atoms with E-state index in [1.807, 2.05) is 32.0 Å². The van der Waals surface area contributed by atoms with Crippen molar-refractivity contribution in [2.75, 3.05) is 25.5 Å². The molecule has 2 aromatic carbocycles. The molecule has 0 radical (unpaired) electrons. The van der Waals surface area contributed by atoms with Gasteiger partial charge < -0.3 is 15.0 Å². The highest BCUT2D eigenvalue weighted by molar-refractivity contribution is 5.95. The van der Waals surface area contributed by atoms with E-state index in [4.69, 9.17) is 4.74 Å². The second-order valence-electron chi connectivity index (χ2n) is 6.38. The SMILES string of the molecule is Cc1cccc(C)c1NC(=O)CN(C)C(=O)COc1cccc(C(F)(F)F)c1. The van der Waals surface area contributed by atoms with Crippen LogP contribution in [0.25, 0.3) is 0 Å². The van der Waals surface area contributed by atoms with E-state index in [1.165, 1.54) is 19.2 Å². The highest BCUT2D eigenvalue weighted by Gasteiger charge is 2.30. The Morgan fingerprint density at radius 2 is 1.68 bits per heavy atom. The Balaban J connectivity index is 1.90. The fourth-order valence-corrected chi connectivity index (χ4v) is 2.51. The van der Waals surface area contributed by atoms with Crippen molar-refractivity contribution in [3.8, 4) is 5.75 Å². The zero-order chi connectivity index (χ0) is 20.9. The van der Waals surface area contributed by atoms with Crippen LogP contribution >= 0.6 is 0 Å². The molecule has 8 heteroatoms. The molecule has 150 valence electrons. The minimum absolute atomic E-state index is 0.0726. The van der Waals surface area contributed by atoms with Crippen LogP contribution in [0, 0.1) is 13.8 Å². The number of aryl methyl sites for hydroxylation is 2. The van der Waals surface area contributed by atoms with Crippen molar-refractivity contribution in [1.82, 2.24) is 4.90 Å². The molecule has 0 atom stereocenters. The number of carbonyl (C=O) groups is 2. The monoisotopic (exact) mass is 394 g/mol. The summed E-state index contributed by atoms with van der Waals surface area (Å²) in [6, 6.07) is 9.86. The van der Waals surface area contributed by atoms with Crippen LogP contribution in [-0.2, 0) is 15.8 Å². The van der Waals surface area contributed by atoms with E-state index < -0.39 is 24.3 Å². The molecule has 0 fully saturated rings. The molecule has 0 spiro atoms. The number of carbonyl (C=O) groups excluding carboxylic acids is 2. The third kappa shape index (κ3) is 5.73. The van der Waals surface area contributed by atoms with Crippen molar-refractivity contribution in [3.05, 3.63) is 59.2 Å². The van der Waals surface area contributed by atoms with Crippen molar-refractivity contribution in [2.24, 2.45) is 0 Å². The Morgan fingerprint density at radius 3 is 2.29 bits per heavy atom. The first kappa shape index (κ1) is 21.3. The molecule has 0 aliphatic carbocycles. The largest absolute Gasteiger partial charge is 0.484 e. The Kier molecular flexibility index (Phi) is 6.66. The number of alkyl halides is 3. The zero-order valence-electron chi connectivity index (χ0n) is 15.8. The Hall–Kier alpha value is -3.03. The van der Waals surface area contributed by atoms with Crippen LogP contribution in [0.5, 0.6) is 5.75 Å². The van der Waals surface area contributed by atoms with Crippen LogP contribution in [-0.4, -0.2) is 36.9 Å². The van der Waals surface area contributed by atoms with Crippen LogP contribution in [0.3, 0.4) is 0 Å². The Bertz CT molecular complexity index is 846. The minimum atomic E-state index is -4.49. The quantitative estimate of drug-likeness (QED) is 0.811. The van der Waals surface area contributed by atoms with Gasteiger partial charge in [-0.1, -0.05) is 24.3 Å². The standard InChI is InChI=1S/C20H21F3N2O3/c1-13-6-4-7-14(2)19(13)24-17(26)11-25(3)18(27)12-28-16-9-5-8-15(10-16)20(21,22)23/h4-10H,11-12H2,1-3H3,(H,24,26). The maximum atomic E-state index is 12.7. The second kappa shape index (κ2) is 8.77. The first-order valence-electron chi connectivity index (χ1n) is 8.48. The number of likely N-dealkylation sites (N-methyl/N-ethyl adjacent to an activating group) is 1. The summed E-state index contributed by atoms with van der Waals surface area (Å²) in [4.78, 5) is 25.5. The lowest BCUT2D eigenvalue weighted by molar-refractivity contribution is -0.137. The fraction of sp³-hybridized carbons (Fsp3) is 0.300. The van der Waals surface area contributed by atoms with E-state index in [9.17, 15) is 22.8 Å². The summed E-state index contributed by atoms with van der Waals surface area (Å²) in [5.74, 6) is -0.988. The Labute approximate surface area is 161 Å². The molecule has 1 N–H and O–H groups in total. The smallest absolute Gasteiger partial charge is 0.416 e. The van der Waals surface area contributed by atoms with Crippen molar-refractivity contribution < 1.29 is 27.5 Å². The summed E-state index contributed by atoms with van der Waals surface area (Å²) in [6.07, 6.45) is -4.49. The van der Waals surface area contributed by atoms with E-state index in [-0.39, 0.29) is 18.2 Å². The summed E-state index contributed by atoms with van der Waals surface area (Å²) in [5, 5.41) is 2.76. The van der Waals surface area contributed by atoms with Crippen LogP contribution in [0.1, 0.15) is 16.7 Å². The minimum Gasteiger partial charge on any atom is -0.484 e. The molecule has 28 heavy (non-hydrogen) atoms. The number of anilines is 1. The molecule has 0 aliphatic heterocycles. The maximum Gasteiger partial charge on any atom is 0.416 e. The van der Waals surface area contributed by atoms with Crippen molar-refractivity contribution >= 4 is 17.5 Å². The normalized spacial score (nSPS) is 11.1. The third-order valence-corrected chi connectivity index (χ3v) is 4.08. The molecule has 0 heterocycles. The van der Waals surface area contributed by atoms with Crippen molar-refractivity contribution in [1.29, 1.82) is 0 Å². The first-order valence-corrected chi connectivity index (χ1v) is 8.48. The number of hydrogen-bond donors (Lipinski definition) is 1. The molecule has 0 unspecified atom stereocenters. The number of benzene rings is 2. The summed E-state index contributed by atoms with van der Waals surface area (Å²) in [7, 11) is 1.42. The van der Waals surface area contributed by atoms with Crippen molar-refractivity contribution in [3.63, 3.8) is 0 Å². The summed E-state index contributed by atoms with van der Waals surface area (Å²) >= 11 is 0. The Morgan fingerprint density at radius 1 is 1.07 bits per heavy atom. The second-order valence-corrected chi connectivity index (χ2v) is 6.38. The molecule has 5 nitrogen and oxygen atoms in total. The molecule has 0 aromatic heterocycles. The lowest BCUT2D eigenvalue weighted by Gasteiger charge is -2.18. The van der Waals surface area contributed by atoms with Crippen LogP contribution < -0.4 is 10.1 Å². The van der Waals surface area contributed by atoms with Gasteiger partial charge in [-0.25, -0.2) is 0 Å². The number of para-hydroxylation sites is 1. The molecule has 2 rings (SSSR count). The van der Waals surface area contributed by atoms with Gasteiger partial charge in [-0.15, -0.1) is 0 Å². The van der Waals surface area contributed by atoms with Gasteiger partial charge >= 0.3 is 6.18 Å². The van der Waals surface area contributed by atoms with Crippen molar-refractivity contribution in [2.45, 2.75) is 20.0 Å². The maximum absolute atomic E-state index is 12.7. The van der Waals surface area contributed by atoms with Gasteiger partial charge in [-0.05, 0) is 43.2 Å². The summed E-state index contributed by atoms with van der Waals surface area (Å²) < 4.78 is 43.2. The summed E-state index contributed by atoms with van der Waals surface area (Å²) in [5.41, 5.74) is 1.62. The summed E-state index contributed by atoms with van der Waals surface area (Å²) in [6.45, 7) is 3.04. The molecule has 0 saturated carbocycles. The van der Waals surface area contributed by atoms with Gasteiger partial charge in [0.05, 0.1) is 12.1 Å². The van der Waals surface area contributed by atoms with E-state index in [0.717, 1.165) is 28.2 Å². The average molecular weight is 394 g/mol. The predicted octanol–water partition coefficient (Wildman–Crippen LogP) is 3.80. The van der Waals surface area contributed by atoms with Crippen LogP contribution in [0.2, 0.25) is 0 Å². The molecule has 0 aliphatic rings. The van der Waals surface area contributed by atoms with Gasteiger partial charge in [0.1, 0.15) is 5.75 Å². The molecule has 2 amide bonds. The number of amides is 2. The predicted molar refractivity (Wildman–Crippen MR) is 99.1 cm³/mol. The number of halogens is 3. The van der Waals surface area contributed by atoms with E-state index in [2.05, 4.69) is 5.32 Å². The number of nitrogens with one attached hydrogen (secondary N) is 1. The number of ether oxygens (including phenoxy) is 1. The molecular formula is C20H21F3N2O3. The first-order chi connectivity index (χ1) is 13.1. The van der Waals surface area contributed by atoms with E-state index in [1.54, 1.807) is 0 Å². The van der Waals surface area contributed by atoms with Gasteiger partial charge in [-0.3, -0.25) is 9.59 Å².